The predicted octanol–water partition coefficient (Wildman–Crippen LogP) is 3.06. The fraction of sp³-hybridized carbons (Fsp3) is 0.300. The molecule has 0 radical (unpaired) electrons. The monoisotopic (exact) mass is 405 g/mol. The lowest BCUT2D eigenvalue weighted by atomic mass is 10.1. The van der Waals surface area contributed by atoms with E-state index in [9.17, 15) is 14.4 Å². The third-order valence-corrected chi connectivity index (χ3v) is 3.34. The van der Waals surface area contributed by atoms with Gasteiger partial charge >= 0.3 is 17.9 Å². The molecule has 2 rings (SSSR count). The number of aromatic carboxylic acids is 1. The summed E-state index contributed by atoms with van der Waals surface area (Å²) in [7, 11) is 1.25. The van der Waals surface area contributed by atoms with Crippen LogP contribution in [0.3, 0.4) is 0 Å². The van der Waals surface area contributed by atoms with Crippen LogP contribution in [-0.4, -0.2) is 47.0 Å². The van der Waals surface area contributed by atoms with E-state index in [4.69, 9.17) is 15.1 Å². The molecule has 156 valence electrons. The van der Waals surface area contributed by atoms with Gasteiger partial charge in [-0.2, -0.15) is 0 Å². The van der Waals surface area contributed by atoms with E-state index >= 15 is 0 Å². The lowest BCUT2D eigenvalue weighted by molar-refractivity contribution is -0.253. The number of hydrogen-bond donors (Lipinski definition) is 2. The minimum absolute atomic E-state index is 0.00169. The van der Waals surface area contributed by atoms with E-state index in [0.717, 1.165) is 0 Å². The number of aromatic nitrogens is 1. The van der Waals surface area contributed by atoms with Crippen LogP contribution < -0.4 is 0 Å². The number of esters is 2. The topological polar surface area (TPSA) is 132 Å². The highest BCUT2D eigenvalue weighted by molar-refractivity contribution is 5.94. The van der Waals surface area contributed by atoms with Crippen LogP contribution in [0.15, 0.2) is 42.7 Å². The highest BCUT2D eigenvalue weighted by Gasteiger charge is 2.10. The van der Waals surface area contributed by atoms with E-state index in [1.54, 1.807) is 6.07 Å². The summed E-state index contributed by atoms with van der Waals surface area (Å²) in [6, 6.07) is 7.25. The minimum atomic E-state index is -1.06. The van der Waals surface area contributed by atoms with Gasteiger partial charge in [-0.15, -0.1) is 0 Å². The molecule has 0 atom stereocenters. The zero-order chi connectivity index (χ0) is 21.8. The van der Waals surface area contributed by atoms with Gasteiger partial charge < -0.3 is 14.6 Å². The minimum Gasteiger partial charge on any atom is -0.478 e. The van der Waals surface area contributed by atoms with Crippen molar-refractivity contribution in [2.24, 2.45) is 5.92 Å². The number of carbonyl (C=O) groups is 3. The fourth-order valence-electron chi connectivity index (χ4n) is 1.98. The van der Waals surface area contributed by atoms with Gasteiger partial charge in [-0.05, 0) is 30.2 Å². The Labute approximate surface area is 167 Å². The van der Waals surface area contributed by atoms with Crippen molar-refractivity contribution in [1.82, 2.24) is 4.98 Å². The molecular weight excluding hydrogens is 382 g/mol. The quantitative estimate of drug-likeness (QED) is 0.405. The summed E-state index contributed by atoms with van der Waals surface area (Å²) in [5.41, 5.74) is 1.28. The average molecular weight is 405 g/mol. The Morgan fingerprint density at radius 3 is 2.31 bits per heavy atom. The summed E-state index contributed by atoms with van der Waals surface area (Å²) in [6.45, 7) is 4.29. The van der Waals surface area contributed by atoms with E-state index in [1.165, 1.54) is 43.8 Å². The SMILES string of the molecule is CC(C)COC(=O)c1cncc(COO)c1.COC(=O)c1cccc(C(=O)O)c1. The van der Waals surface area contributed by atoms with E-state index in [0.29, 0.717) is 23.7 Å². The van der Waals surface area contributed by atoms with Gasteiger partial charge in [0.05, 0.1) is 30.4 Å². The molecule has 0 bridgehead atoms. The summed E-state index contributed by atoms with van der Waals surface area (Å²) in [5, 5.41) is 16.9. The first-order valence-corrected chi connectivity index (χ1v) is 8.57. The molecule has 1 aromatic carbocycles. The van der Waals surface area contributed by atoms with E-state index in [2.05, 4.69) is 14.6 Å². The molecule has 0 aliphatic carbocycles. The number of hydrogen-bond acceptors (Lipinski definition) is 8. The maximum absolute atomic E-state index is 11.5. The van der Waals surface area contributed by atoms with Gasteiger partial charge in [0.1, 0.15) is 6.61 Å². The zero-order valence-electron chi connectivity index (χ0n) is 16.3. The summed E-state index contributed by atoms with van der Waals surface area (Å²) in [5.74, 6) is -1.73. The molecule has 0 spiro atoms. The molecule has 0 amide bonds. The first-order chi connectivity index (χ1) is 13.8. The van der Waals surface area contributed by atoms with Crippen molar-refractivity contribution >= 4 is 17.9 Å². The second-order valence-electron chi connectivity index (χ2n) is 6.23. The second kappa shape index (κ2) is 12.2. The molecule has 0 saturated heterocycles. The Kier molecular flexibility index (Phi) is 10.00. The third kappa shape index (κ3) is 8.50. The number of carboxylic acid groups (broad SMARTS) is 1. The summed E-state index contributed by atoms with van der Waals surface area (Å²) < 4.78 is 9.48. The van der Waals surface area contributed by atoms with Crippen LogP contribution in [0.2, 0.25) is 0 Å². The zero-order valence-corrected chi connectivity index (χ0v) is 16.3. The van der Waals surface area contributed by atoms with E-state index < -0.39 is 17.9 Å². The van der Waals surface area contributed by atoms with Crippen LogP contribution >= 0.6 is 0 Å². The molecule has 0 aliphatic heterocycles. The molecule has 29 heavy (non-hydrogen) atoms. The van der Waals surface area contributed by atoms with Gasteiger partial charge in [-0.3, -0.25) is 10.2 Å². The fourth-order valence-corrected chi connectivity index (χ4v) is 1.98. The summed E-state index contributed by atoms with van der Waals surface area (Å²) >= 11 is 0. The lowest BCUT2D eigenvalue weighted by Crippen LogP contribution is -2.10. The molecule has 1 heterocycles. The van der Waals surface area contributed by atoms with Gasteiger partial charge in [0.2, 0.25) is 0 Å². The standard InChI is InChI=1S/C11H15NO4.C9H8O4/c1-8(2)6-15-11(13)10-3-9(7-16-14)4-12-5-10;1-13-9(12)7-4-2-3-6(5-7)8(10)11/h3-5,8,14H,6-7H2,1-2H3;2-5H,1H3,(H,10,11). The number of pyridine rings is 1. The molecule has 9 nitrogen and oxygen atoms in total. The Hall–Kier alpha value is -3.30. The number of nitrogens with zero attached hydrogens (tertiary/aromatic N) is 1. The van der Waals surface area contributed by atoms with Crippen molar-refractivity contribution in [3.8, 4) is 0 Å². The van der Waals surface area contributed by atoms with Crippen molar-refractivity contribution in [2.45, 2.75) is 20.5 Å². The van der Waals surface area contributed by atoms with Crippen molar-refractivity contribution in [1.29, 1.82) is 0 Å². The molecule has 1 aromatic heterocycles. The number of ether oxygens (including phenoxy) is 2. The smallest absolute Gasteiger partial charge is 0.339 e. The number of carbonyl (C=O) groups excluding carboxylic acids is 2. The molecule has 9 heteroatoms. The molecule has 0 saturated carbocycles. The molecule has 0 aliphatic rings. The van der Waals surface area contributed by atoms with Crippen molar-refractivity contribution in [3.63, 3.8) is 0 Å². The Morgan fingerprint density at radius 1 is 1.03 bits per heavy atom. The van der Waals surface area contributed by atoms with Crippen LogP contribution in [0.25, 0.3) is 0 Å². The number of methoxy groups -OCH3 is 1. The first kappa shape index (κ1) is 23.7. The predicted molar refractivity (Wildman–Crippen MR) is 102 cm³/mol. The van der Waals surface area contributed by atoms with Gasteiger partial charge in [0.15, 0.2) is 0 Å². The molecule has 0 unspecified atom stereocenters. The average Bonchev–Trinajstić information content (AvgIpc) is 2.72. The highest BCUT2D eigenvalue weighted by atomic mass is 17.1. The lowest BCUT2D eigenvalue weighted by Gasteiger charge is -2.07. The second-order valence-corrected chi connectivity index (χ2v) is 6.23. The van der Waals surface area contributed by atoms with E-state index in [-0.39, 0.29) is 17.7 Å². The van der Waals surface area contributed by atoms with Gasteiger partial charge in [-0.25, -0.2) is 19.3 Å². The summed E-state index contributed by atoms with van der Waals surface area (Å²) in [6.07, 6.45) is 2.93. The third-order valence-electron chi connectivity index (χ3n) is 3.34. The first-order valence-electron chi connectivity index (χ1n) is 8.57. The molecular formula is C20H23NO8. The molecule has 2 N–H and O–H groups in total. The van der Waals surface area contributed by atoms with Crippen LogP contribution in [0.5, 0.6) is 0 Å². The maximum Gasteiger partial charge on any atom is 0.339 e. The van der Waals surface area contributed by atoms with Crippen molar-refractivity contribution in [2.75, 3.05) is 13.7 Å². The van der Waals surface area contributed by atoms with Gasteiger partial charge in [-0.1, -0.05) is 19.9 Å². The molecule has 2 aromatic rings. The Bertz CT molecular complexity index is 835. The van der Waals surface area contributed by atoms with Gasteiger partial charge in [0.25, 0.3) is 0 Å². The van der Waals surface area contributed by atoms with Crippen LogP contribution in [0.1, 0.15) is 50.5 Å². The number of carboxylic acids is 1. The van der Waals surface area contributed by atoms with Crippen LogP contribution in [0, 0.1) is 5.92 Å². The number of rotatable bonds is 7. The molecule has 0 fully saturated rings. The van der Waals surface area contributed by atoms with Crippen LogP contribution in [0.4, 0.5) is 0 Å². The van der Waals surface area contributed by atoms with Crippen molar-refractivity contribution < 1.29 is 39.1 Å². The van der Waals surface area contributed by atoms with Gasteiger partial charge in [0, 0.05) is 18.0 Å². The Morgan fingerprint density at radius 2 is 1.72 bits per heavy atom. The van der Waals surface area contributed by atoms with E-state index in [1.807, 2.05) is 13.8 Å². The normalized spacial score (nSPS) is 9.97. The summed E-state index contributed by atoms with van der Waals surface area (Å²) in [4.78, 5) is 40.9. The van der Waals surface area contributed by atoms with Crippen molar-refractivity contribution in [3.05, 3.63) is 65.0 Å². The maximum atomic E-state index is 11.5. The largest absolute Gasteiger partial charge is 0.478 e. The number of benzene rings is 1. The highest BCUT2D eigenvalue weighted by Crippen LogP contribution is 2.07. The van der Waals surface area contributed by atoms with Crippen LogP contribution in [-0.2, 0) is 21.0 Å². The Balaban J connectivity index is 0.000000296.